The Kier molecular flexibility index (Phi) is 3.93. The van der Waals surface area contributed by atoms with Crippen LogP contribution in [-0.2, 0) is 9.47 Å². The molecule has 1 amide bonds. The molecule has 6 nitrogen and oxygen atoms in total. The van der Waals surface area contributed by atoms with Crippen molar-refractivity contribution in [2.45, 2.75) is 37.5 Å². The molecule has 20 heavy (non-hydrogen) atoms. The van der Waals surface area contributed by atoms with Gasteiger partial charge >= 0.3 is 0 Å². The Morgan fingerprint density at radius 1 is 1.45 bits per heavy atom. The minimum absolute atomic E-state index is 0.0422. The first-order chi connectivity index (χ1) is 9.79. The van der Waals surface area contributed by atoms with Crippen molar-refractivity contribution in [3.05, 3.63) is 24.3 Å². The number of amides is 1. The SMILES string of the molecule is COC[C@H]1CC[C@H]2[C@H](CCN2C(=O)c2cnccn2)O1. The van der Waals surface area contributed by atoms with E-state index in [-0.39, 0.29) is 24.2 Å². The van der Waals surface area contributed by atoms with Gasteiger partial charge in [0.2, 0.25) is 0 Å². The Labute approximate surface area is 118 Å². The van der Waals surface area contributed by atoms with Crippen LogP contribution in [0.3, 0.4) is 0 Å². The highest BCUT2D eigenvalue weighted by molar-refractivity contribution is 5.92. The average Bonchev–Trinajstić information content (AvgIpc) is 2.91. The average molecular weight is 277 g/mol. The van der Waals surface area contributed by atoms with Crippen molar-refractivity contribution in [1.82, 2.24) is 14.9 Å². The fourth-order valence-corrected chi connectivity index (χ4v) is 3.11. The summed E-state index contributed by atoms with van der Waals surface area (Å²) in [5.74, 6) is -0.0422. The molecule has 1 aromatic rings. The molecule has 0 spiro atoms. The van der Waals surface area contributed by atoms with E-state index in [1.54, 1.807) is 19.5 Å². The van der Waals surface area contributed by atoms with Crippen LogP contribution in [0.5, 0.6) is 0 Å². The Hall–Kier alpha value is -1.53. The molecule has 2 aliphatic rings. The van der Waals surface area contributed by atoms with Crippen molar-refractivity contribution < 1.29 is 14.3 Å². The lowest BCUT2D eigenvalue weighted by atomic mass is 9.99. The summed E-state index contributed by atoms with van der Waals surface area (Å²) in [7, 11) is 1.69. The molecule has 3 heterocycles. The Balaban J connectivity index is 1.68. The van der Waals surface area contributed by atoms with E-state index in [1.807, 2.05) is 4.90 Å². The van der Waals surface area contributed by atoms with E-state index in [2.05, 4.69) is 9.97 Å². The molecular formula is C14H19N3O3. The lowest BCUT2D eigenvalue weighted by Gasteiger charge is -2.35. The van der Waals surface area contributed by atoms with Gasteiger partial charge in [0, 0.05) is 26.0 Å². The smallest absolute Gasteiger partial charge is 0.274 e. The number of carbonyl (C=O) groups is 1. The highest BCUT2D eigenvalue weighted by Crippen LogP contribution is 2.32. The molecule has 2 saturated heterocycles. The maximum atomic E-state index is 12.5. The quantitative estimate of drug-likeness (QED) is 0.821. The van der Waals surface area contributed by atoms with Crippen LogP contribution in [0.4, 0.5) is 0 Å². The van der Waals surface area contributed by atoms with Gasteiger partial charge in [0.1, 0.15) is 5.69 Å². The minimum Gasteiger partial charge on any atom is -0.382 e. The molecule has 2 aliphatic heterocycles. The van der Waals surface area contributed by atoms with E-state index >= 15 is 0 Å². The van der Waals surface area contributed by atoms with Gasteiger partial charge in [-0.3, -0.25) is 9.78 Å². The lowest BCUT2D eigenvalue weighted by molar-refractivity contribution is -0.0903. The molecule has 1 aromatic heterocycles. The second kappa shape index (κ2) is 5.85. The zero-order chi connectivity index (χ0) is 13.9. The van der Waals surface area contributed by atoms with Crippen LogP contribution in [0.1, 0.15) is 29.8 Å². The van der Waals surface area contributed by atoms with Crippen LogP contribution in [0.2, 0.25) is 0 Å². The number of carbonyl (C=O) groups excluding carboxylic acids is 1. The van der Waals surface area contributed by atoms with E-state index < -0.39 is 0 Å². The van der Waals surface area contributed by atoms with Crippen LogP contribution in [0, 0.1) is 0 Å². The fourth-order valence-electron chi connectivity index (χ4n) is 3.11. The van der Waals surface area contributed by atoms with Gasteiger partial charge in [-0.25, -0.2) is 4.98 Å². The third-order valence-corrected chi connectivity index (χ3v) is 4.03. The molecular weight excluding hydrogens is 258 g/mol. The maximum Gasteiger partial charge on any atom is 0.274 e. The third-order valence-electron chi connectivity index (χ3n) is 4.03. The normalized spacial score (nSPS) is 29.2. The second-order valence-corrected chi connectivity index (χ2v) is 5.27. The van der Waals surface area contributed by atoms with Gasteiger partial charge < -0.3 is 14.4 Å². The predicted molar refractivity (Wildman–Crippen MR) is 71.2 cm³/mol. The zero-order valence-corrected chi connectivity index (χ0v) is 11.6. The van der Waals surface area contributed by atoms with Crippen molar-refractivity contribution >= 4 is 5.91 Å². The summed E-state index contributed by atoms with van der Waals surface area (Å²) < 4.78 is 11.2. The summed E-state index contributed by atoms with van der Waals surface area (Å²) in [5.41, 5.74) is 0.409. The summed E-state index contributed by atoms with van der Waals surface area (Å²) in [6.07, 6.45) is 7.71. The number of fused-ring (bicyclic) bond motifs is 1. The third kappa shape index (κ3) is 2.53. The van der Waals surface area contributed by atoms with Gasteiger partial charge in [-0.2, -0.15) is 0 Å². The van der Waals surface area contributed by atoms with Crippen molar-refractivity contribution in [2.24, 2.45) is 0 Å². The molecule has 0 saturated carbocycles. The molecule has 0 aromatic carbocycles. The molecule has 0 radical (unpaired) electrons. The molecule has 0 aliphatic carbocycles. The number of hydrogen-bond acceptors (Lipinski definition) is 5. The van der Waals surface area contributed by atoms with Crippen LogP contribution in [-0.4, -0.2) is 59.3 Å². The topological polar surface area (TPSA) is 64.5 Å². The van der Waals surface area contributed by atoms with Crippen molar-refractivity contribution in [1.29, 1.82) is 0 Å². The molecule has 6 heteroatoms. The van der Waals surface area contributed by atoms with Gasteiger partial charge in [0.25, 0.3) is 5.91 Å². The summed E-state index contributed by atoms with van der Waals surface area (Å²) in [5, 5.41) is 0. The summed E-state index contributed by atoms with van der Waals surface area (Å²) in [6.45, 7) is 1.35. The number of methoxy groups -OCH3 is 1. The van der Waals surface area contributed by atoms with Gasteiger partial charge in [-0.05, 0) is 19.3 Å². The van der Waals surface area contributed by atoms with Crippen LogP contribution in [0.25, 0.3) is 0 Å². The Morgan fingerprint density at radius 3 is 3.10 bits per heavy atom. The first-order valence-corrected chi connectivity index (χ1v) is 7.01. The molecule has 0 N–H and O–H groups in total. The number of nitrogens with zero attached hydrogens (tertiary/aromatic N) is 3. The number of rotatable bonds is 3. The van der Waals surface area contributed by atoms with Crippen LogP contribution >= 0.6 is 0 Å². The molecule has 0 bridgehead atoms. The van der Waals surface area contributed by atoms with E-state index in [0.29, 0.717) is 12.3 Å². The van der Waals surface area contributed by atoms with E-state index in [1.165, 1.54) is 6.20 Å². The Morgan fingerprint density at radius 2 is 2.35 bits per heavy atom. The van der Waals surface area contributed by atoms with Crippen molar-refractivity contribution in [3.8, 4) is 0 Å². The standard InChI is InChI=1S/C14H19N3O3/c1-19-9-10-2-3-12-13(20-10)4-7-17(12)14(18)11-8-15-5-6-16-11/h5-6,8,10,12-13H,2-4,7,9H2,1H3/t10-,12+,13+/m1/s1. The maximum absolute atomic E-state index is 12.5. The monoisotopic (exact) mass is 277 g/mol. The summed E-state index contributed by atoms with van der Waals surface area (Å²) in [6, 6.07) is 0.164. The summed E-state index contributed by atoms with van der Waals surface area (Å²) in [4.78, 5) is 22.4. The predicted octanol–water partition coefficient (Wildman–Crippen LogP) is 0.885. The highest BCUT2D eigenvalue weighted by atomic mass is 16.5. The van der Waals surface area contributed by atoms with E-state index in [9.17, 15) is 4.79 Å². The van der Waals surface area contributed by atoms with E-state index in [4.69, 9.17) is 9.47 Å². The number of ether oxygens (including phenoxy) is 2. The van der Waals surface area contributed by atoms with Crippen molar-refractivity contribution in [2.75, 3.05) is 20.3 Å². The van der Waals surface area contributed by atoms with Gasteiger partial charge in [-0.15, -0.1) is 0 Å². The summed E-state index contributed by atoms with van der Waals surface area (Å²) >= 11 is 0. The first kappa shape index (κ1) is 13.5. The molecule has 108 valence electrons. The largest absolute Gasteiger partial charge is 0.382 e. The molecule has 3 rings (SSSR count). The van der Waals surface area contributed by atoms with Crippen molar-refractivity contribution in [3.63, 3.8) is 0 Å². The minimum atomic E-state index is -0.0422. The van der Waals surface area contributed by atoms with Crippen LogP contribution in [0.15, 0.2) is 18.6 Å². The van der Waals surface area contributed by atoms with Gasteiger partial charge in [-0.1, -0.05) is 0 Å². The number of hydrogen-bond donors (Lipinski definition) is 0. The first-order valence-electron chi connectivity index (χ1n) is 7.01. The number of aromatic nitrogens is 2. The van der Waals surface area contributed by atoms with Gasteiger partial charge in [0.05, 0.1) is 31.1 Å². The Bertz CT molecular complexity index is 468. The fraction of sp³-hybridized carbons (Fsp3) is 0.643. The van der Waals surface area contributed by atoms with E-state index in [0.717, 1.165) is 25.8 Å². The van der Waals surface area contributed by atoms with Gasteiger partial charge in [0.15, 0.2) is 0 Å². The lowest BCUT2D eigenvalue weighted by Crippen LogP contribution is -2.46. The second-order valence-electron chi connectivity index (χ2n) is 5.27. The molecule has 0 unspecified atom stereocenters. The van der Waals surface area contributed by atoms with Crippen LogP contribution < -0.4 is 0 Å². The number of likely N-dealkylation sites (tertiary alicyclic amines) is 1. The molecule has 2 fully saturated rings. The highest BCUT2D eigenvalue weighted by Gasteiger charge is 2.42. The zero-order valence-electron chi connectivity index (χ0n) is 11.6. The molecule has 3 atom stereocenters.